The van der Waals surface area contributed by atoms with Crippen LogP contribution < -0.4 is 15.4 Å². The van der Waals surface area contributed by atoms with Crippen LogP contribution in [0, 0.1) is 0 Å². The molecule has 0 aliphatic rings. The lowest BCUT2D eigenvalue weighted by Gasteiger charge is -2.22. The lowest BCUT2D eigenvalue weighted by molar-refractivity contribution is 0.155. The summed E-state index contributed by atoms with van der Waals surface area (Å²) < 4.78 is 34.9. The van der Waals surface area contributed by atoms with Crippen LogP contribution in [0.5, 0.6) is 0 Å². The molecule has 0 radical (unpaired) electrons. The molecular weight excluding hydrogens is 522 g/mol. The van der Waals surface area contributed by atoms with E-state index in [1.165, 1.54) is 17.4 Å². The van der Waals surface area contributed by atoms with E-state index in [1.807, 2.05) is 31.3 Å². The number of rotatable bonds is 8. The summed E-state index contributed by atoms with van der Waals surface area (Å²) in [5.41, 5.74) is 2.69. The molecule has 0 fully saturated rings. The molecule has 0 aliphatic carbocycles. The predicted molar refractivity (Wildman–Crippen MR) is 151 cm³/mol. The van der Waals surface area contributed by atoms with Gasteiger partial charge in [0, 0.05) is 59.2 Å². The summed E-state index contributed by atoms with van der Waals surface area (Å²) in [6.45, 7) is 5.33. The number of thiazole rings is 1. The number of aromatic nitrogens is 2. The van der Waals surface area contributed by atoms with Crippen LogP contribution in [0.4, 0.5) is 16.2 Å². The third kappa shape index (κ3) is 6.94. The van der Waals surface area contributed by atoms with E-state index in [1.54, 1.807) is 63.6 Å². The molecule has 1 amide bonds. The maximum absolute atomic E-state index is 13.5. The van der Waals surface area contributed by atoms with Crippen LogP contribution >= 0.6 is 11.3 Å². The fraction of sp³-hybridized carbons (Fsp3) is 0.222. The van der Waals surface area contributed by atoms with Crippen LogP contribution in [0.1, 0.15) is 26.3 Å². The van der Waals surface area contributed by atoms with Gasteiger partial charge in [-0.3, -0.25) is 10.3 Å². The van der Waals surface area contributed by atoms with Gasteiger partial charge in [0.25, 0.3) is 0 Å². The summed E-state index contributed by atoms with van der Waals surface area (Å²) in [6, 6.07) is 16.1. The zero-order chi connectivity index (χ0) is 27.3. The van der Waals surface area contributed by atoms with Gasteiger partial charge >= 0.3 is 6.09 Å². The molecule has 0 bridgehead atoms. The molecule has 0 saturated carbocycles. The Morgan fingerprint density at radius 2 is 1.76 bits per heavy atom. The van der Waals surface area contributed by atoms with Crippen LogP contribution in [0.3, 0.4) is 0 Å². The van der Waals surface area contributed by atoms with E-state index >= 15 is 0 Å². The first-order chi connectivity index (χ1) is 18.0. The van der Waals surface area contributed by atoms with Crippen molar-refractivity contribution < 1.29 is 17.9 Å². The molecule has 2 heterocycles. The minimum atomic E-state index is -3.95. The Kier molecular flexibility index (Phi) is 8.10. The number of anilines is 2. The van der Waals surface area contributed by atoms with Gasteiger partial charge in [0.1, 0.15) is 11.6 Å². The van der Waals surface area contributed by atoms with E-state index in [4.69, 9.17) is 4.74 Å². The van der Waals surface area contributed by atoms with Crippen molar-refractivity contribution in [3.63, 3.8) is 0 Å². The first kappa shape index (κ1) is 27.2. The number of hydrogen-bond donors (Lipinski definition) is 3. The third-order valence-corrected chi connectivity index (χ3v) is 8.12. The molecule has 11 heteroatoms. The van der Waals surface area contributed by atoms with Crippen molar-refractivity contribution in [2.24, 2.45) is 0 Å². The standard InChI is InChI=1S/C27H29N5O4S2/c1-27(2,3)32-38(34,35)24-14-21(31-26(33)36-17-18-6-5-13-29-15-18)11-12-22(24)23-16-30-25(37-23)19-7-9-20(28-4)10-8-19/h5-16,28,32H,17H2,1-4H3,(H,31,33). The lowest BCUT2D eigenvalue weighted by atomic mass is 10.1. The van der Waals surface area contributed by atoms with Crippen molar-refractivity contribution in [3.05, 3.63) is 78.8 Å². The van der Waals surface area contributed by atoms with E-state index in [0.717, 1.165) is 21.8 Å². The van der Waals surface area contributed by atoms with E-state index < -0.39 is 21.7 Å². The highest BCUT2D eigenvalue weighted by molar-refractivity contribution is 7.89. The Labute approximate surface area is 226 Å². The molecule has 38 heavy (non-hydrogen) atoms. The van der Waals surface area contributed by atoms with Crippen molar-refractivity contribution in [2.75, 3.05) is 17.7 Å². The van der Waals surface area contributed by atoms with E-state index in [-0.39, 0.29) is 17.2 Å². The van der Waals surface area contributed by atoms with Gasteiger partial charge in [-0.15, -0.1) is 11.3 Å². The van der Waals surface area contributed by atoms with Gasteiger partial charge in [-0.1, -0.05) is 12.1 Å². The Morgan fingerprint density at radius 1 is 1.03 bits per heavy atom. The molecule has 2 aromatic carbocycles. The molecule has 3 N–H and O–H groups in total. The number of carbonyl (C=O) groups excluding carboxylic acids is 1. The molecular formula is C27H29N5O4S2. The minimum absolute atomic E-state index is 0.0261. The number of benzene rings is 2. The second-order valence-electron chi connectivity index (χ2n) is 9.49. The van der Waals surface area contributed by atoms with Crippen molar-refractivity contribution in [2.45, 2.75) is 37.8 Å². The Balaban J connectivity index is 1.64. The van der Waals surface area contributed by atoms with Crippen LogP contribution in [-0.4, -0.2) is 37.1 Å². The van der Waals surface area contributed by atoms with E-state index in [2.05, 4.69) is 25.3 Å². The third-order valence-electron chi connectivity index (χ3n) is 5.24. The average molecular weight is 552 g/mol. The topological polar surface area (TPSA) is 122 Å². The molecule has 0 saturated heterocycles. The first-order valence-electron chi connectivity index (χ1n) is 11.8. The Bertz CT molecular complexity index is 1510. The van der Waals surface area contributed by atoms with Gasteiger partial charge in [-0.2, -0.15) is 0 Å². The number of sulfonamides is 1. The van der Waals surface area contributed by atoms with Crippen LogP contribution in [0.25, 0.3) is 21.0 Å². The maximum Gasteiger partial charge on any atom is 0.411 e. The first-order valence-corrected chi connectivity index (χ1v) is 14.1. The second kappa shape index (κ2) is 11.3. The smallest absolute Gasteiger partial charge is 0.411 e. The molecule has 198 valence electrons. The minimum Gasteiger partial charge on any atom is -0.444 e. The van der Waals surface area contributed by atoms with E-state index in [0.29, 0.717) is 10.4 Å². The average Bonchev–Trinajstić information content (AvgIpc) is 3.37. The molecule has 4 aromatic rings. The summed E-state index contributed by atoms with van der Waals surface area (Å²) in [5, 5.41) is 6.46. The van der Waals surface area contributed by atoms with Crippen molar-refractivity contribution in [1.82, 2.24) is 14.7 Å². The summed E-state index contributed by atoms with van der Waals surface area (Å²) >= 11 is 1.38. The second-order valence-corrected chi connectivity index (χ2v) is 12.2. The lowest BCUT2D eigenvalue weighted by Crippen LogP contribution is -2.40. The monoisotopic (exact) mass is 551 g/mol. The fourth-order valence-electron chi connectivity index (χ4n) is 3.58. The zero-order valence-corrected chi connectivity index (χ0v) is 23.1. The van der Waals surface area contributed by atoms with Gasteiger partial charge in [-0.05, 0) is 63.2 Å². The summed E-state index contributed by atoms with van der Waals surface area (Å²) in [5.74, 6) is 0. The number of pyridine rings is 1. The SMILES string of the molecule is CNc1ccc(-c2ncc(-c3ccc(NC(=O)OCc4cccnc4)cc3S(=O)(=O)NC(C)(C)C)s2)cc1. The van der Waals surface area contributed by atoms with Crippen LogP contribution in [-0.2, 0) is 21.4 Å². The molecule has 0 unspecified atom stereocenters. The normalized spacial score (nSPS) is 11.7. The molecule has 0 atom stereocenters. The molecule has 0 aliphatic heterocycles. The van der Waals surface area contributed by atoms with Gasteiger partial charge < -0.3 is 10.1 Å². The highest BCUT2D eigenvalue weighted by atomic mass is 32.2. The largest absolute Gasteiger partial charge is 0.444 e. The van der Waals surface area contributed by atoms with Crippen LogP contribution in [0.2, 0.25) is 0 Å². The van der Waals surface area contributed by atoms with Crippen LogP contribution in [0.15, 0.2) is 78.1 Å². The predicted octanol–water partition coefficient (Wildman–Crippen LogP) is 5.74. The Morgan fingerprint density at radius 3 is 2.42 bits per heavy atom. The zero-order valence-electron chi connectivity index (χ0n) is 21.5. The quantitative estimate of drug-likeness (QED) is 0.255. The maximum atomic E-state index is 13.5. The highest BCUT2D eigenvalue weighted by Gasteiger charge is 2.26. The molecule has 0 spiro atoms. The van der Waals surface area contributed by atoms with Gasteiger partial charge in [0.15, 0.2) is 0 Å². The van der Waals surface area contributed by atoms with E-state index in [9.17, 15) is 13.2 Å². The summed E-state index contributed by atoms with van der Waals surface area (Å²) in [7, 11) is -2.10. The molecule has 2 aromatic heterocycles. The molecule has 4 rings (SSSR count). The fourth-order valence-corrected chi connectivity index (χ4v) is 6.27. The van der Waals surface area contributed by atoms with Gasteiger partial charge in [0.2, 0.25) is 10.0 Å². The van der Waals surface area contributed by atoms with Crippen molar-refractivity contribution >= 4 is 38.8 Å². The molecule has 9 nitrogen and oxygen atoms in total. The van der Waals surface area contributed by atoms with Gasteiger partial charge in [-0.25, -0.2) is 22.9 Å². The number of amides is 1. The summed E-state index contributed by atoms with van der Waals surface area (Å²) in [6.07, 6.45) is 4.18. The number of hydrogen-bond acceptors (Lipinski definition) is 8. The highest BCUT2D eigenvalue weighted by Crippen LogP contribution is 2.37. The van der Waals surface area contributed by atoms with Crippen molar-refractivity contribution in [3.8, 4) is 21.0 Å². The number of nitrogens with zero attached hydrogens (tertiary/aromatic N) is 2. The number of nitrogens with one attached hydrogen (secondary N) is 3. The number of ether oxygens (including phenoxy) is 1. The van der Waals surface area contributed by atoms with Crippen molar-refractivity contribution in [1.29, 1.82) is 0 Å². The number of carbonyl (C=O) groups is 1. The Hall–Kier alpha value is -3.80. The summed E-state index contributed by atoms with van der Waals surface area (Å²) in [4.78, 5) is 21.6. The van der Waals surface area contributed by atoms with Gasteiger partial charge in [0.05, 0.1) is 9.77 Å².